The maximum Gasteiger partial charge on any atom is 0.340 e. The third kappa shape index (κ3) is 2.51. The van der Waals surface area contributed by atoms with E-state index in [4.69, 9.17) is 9.47 Å². The van der Waals surface area contributed by atoms with Crippen molar-refractivity contribution in [1.29, 1.82) is 0 Å². The monoisotopic (exact) mass is 724 g/mol. The number of phenolic OH excluding ortho intramolecular Hbond substituents is 2. The van der Waals surface area contributed by atoms with Gasteiger partial charge < -0.3 is 19.7 Å². The molecule has 3 aromatic rings. The number of ether oxygens (including phenoxy) is 2. The van der Waals surface area contributed by atoms with Crippen LogP contribution in [0.25, 0.3) is 0 Å². The zero-order valence-corrected chi connectivity index (χ0v) is 21.2. The van der Waals surface area contributed by atoms with E-state index in [0.29, 0.717) is 50.0 Å². The summed E-state index contributed by atoms with van der Waals surface area (Å²) in [6.45, 7) is 1.80. The molecule has 8 heteroatoms. The first-order valence-corrected chi connectivity index (χ1v) is 11.8. The van der Waals surface area contributed by atoms with Gasteiger partial charge >= 0.3 is 5.97 Å². The molecular formula is C21H11I3O5. The van der Waals surface area contributed by atoms with Crippen molar-refractivity contribution in [1.82, 2.24) is 0 Å². The molecule has 0 aliphatic carbocycles. The molecule has 0 fully saturated rings. The summed E-state index contributed by atoms with van der Waals surface area (Å²) in [5, 5.41) is 21.0. The summed E-state index contributed by atoms with van der Waals surface area (Å²) < 4.78 is 14.0. The van der Waals surface area contributed by atoms with Gasteiger partial charge in [0.1, 0.15) is 11.5 Å². The molecule has 2 aliphatic heterocycles. The molecule has 0 aromatic heterocycles. The van der Waals surface area contributed by atoms with Crippen LogP contribution in [0.3, 0.4) is 0 Å². The molecule has 1 spiro atoms. The maximum atomic E-state index is 12.9. The van der Waals surface area contributed by atoms with E-state index < -0.39 is 11.6 Å². The largest absolute Gasteiger partial charge is 0.506 e. The molecule has 2 N–H and O–H groups in total. The molecule has 3 aromatic carbocycles. The zero-order valence-electron chi connectivity index (χ0n) is 14.7. The Balaban J connectivity index is 1.99. The minimum Gasteiger partial charge on any atom is -0.506 e. The topological polar surface area (TPSA) is 76.0 Å². The van der Waals surface area contributed by atoms with E-state index in [2.05, 4.69) is 22.6 Å². The van der Waals surface area contributed by atoms with E-state index in [1.165, 1.54) is 0 Å². The van der Waals surface area contributed by atoms with Crippen molar-refractivity contribution < 1.29 is 24.5 Å². The van der Waals surface area contributed by atoms with Gasteiger partial charge in [-0.1, -0.05) is 18.2 Å². The van der Waals surface area contributed by atoms with Crippen LogP contribution in [0.15, 0.2) is 36.4 Å². The number of aryl methyl sites for hydroxylation is 1. The van der Waals surface area contributed by atoms with Crippen molar-refractivity contribution in [3.63, 3.8) is 0 Å². The molecule has 0 amide bonds. The molecule has 29 heavy (non-hydrogen) atoms. The van der Waals surface area contributed by atoms with Crippen LogP contribution in [-0.2, 0) is 10.3 Å². The van der Waals surface area contributed by atoms with Gasteiger partial charge in [0.2, 0.25) is 0 Å². The predicted octanol–water partition coefficient (Wildman–Crippen LogP) is 5.79. The Morgan fingerprint density at radius 3 is 2.24 bits per heavy atom. The van der Waals surface area contributed by atoms with Gasteiger partial charge in [0, 0.05) is 11.1 Å². The number of aromatic hydroxyl groups is 2. The summed E-state index contributed by atoms with van der Waals surface area (Å²) in [6, 6.07) is 10.9. The highest BCUT2D eigenvalue weighted by atomic mass is 127. The van der Waals surface area contributed by atoms with E-state index in [9.17, 15) is 15.0 Å². The lowest BCUT2D eigenvalue weighted by Gasteiger charge is -2.38. The van der Waals surface area contributed by atoms with Gasteiger partial charge in [-0.3, -0.25) is 0 Å². The third-order valence-electron chi connectivity index (χ3n) is 5.27. The lowest BCUT2D eigenvalue weighted by molar-refractivity contribution is 0.0222. The quantitative estimate of drug-likeness (QED) is 0.227. The van der Waals surface area contributed by atoms with E-state index in [1.807, 2.05) is 57.3 Å². The van der Waals surface area contributed by atoms with Crippen LogP contribution in [0.4, 0.5) is 0 Å². The fourth-order valence-corrected chi connectivity index (χ4v) is 6.54. The van der Waals surface area contributed by atoms with E-state index in [0.717, 1.165) is 0 Å². The summed E-state index contributed by atoms with van der Waals surface area (Å²) in [5.41, 5.74) is 1.95. The van der Waals surface area contributed by atoms with Crippen LogP contribution < -0.4 is 4.74 Å². The average Bonchev–Trinajstić information content (AvgIpc) is 3.00. The van der Waals surface area contributed by atoms with Crippen LogP contribution in [0, 0.1) is 17.6 Å². The lowest BCUT2D eigenvalue weighted by Crippen LogP contribution is -2.34. The fraction of sp³-hybridized carbons (Fsp3) is 0.0952. The second-order valence-electron chi connectivity index (χ2n) is 6.85. The van der Waals surface area contributed by atoms with E-state index in [-0.39, 0.29) is 11.5 Å². The first kappa shape index (κ1) is 19.7. The molecular weight excluding hydrogens is 713 g/mol. The highest BCUT2D eigenvalue weighted by Crippen LogP contribution is 2.60. The zero-order chi connectivity index (χ0) is 20.7. The first-order valence-electron chi connectivity index (χ1n) is 8.52. The Kier molecular flexibility index (Phi) is 4.48. The number of fused-ring (bicyclic) bond motifs is 6. The third-order valence-corrected chi connectivity index (χ3v) is 8.09. The molecule has 1 atom stereocenters. The molecule has 0 bridgehead atoms. The van der Waals surface area contributed by atoms with Crippen molar-refractivity contribution >= 4 is 73.7 Å². The van der Waals surface area contributed by atoms with Crippen LogP contribution in [0.5, 0.6) is 23.0 Å². The van der Waals surface area contributed by atoms with Gasteiger partial charge in [0.25, 0.3) is 0 Å². The fourth-order valence-electron chi connectivity index (χ4n) is 3.93. The second kappa shape index (κ2) is 6.61. The van der Waals surface area contributed by atoms with Gasteiger partial charge in [-0.2, -0.15) is 0 Å². The molecule has 5 nitrogen and oxygen atoms in total. The SMILES string of the molecule is Cc1cc2c(c(I)c1O)Oc1c(cc(I)c(O)c1I)C21OC(=O)c2ccccc21. The maximum absolute atomic E-state index is 12.9. The minimum atomic E-state index is -1.22. The summed E-state index contributed by atoms with van der Waals surface area (Å²) in [7, 11) is 0. The second-order valence-corrected chi connectivity index (χ2v) is 10.2. The van der Waals surface area contributed by atoms with Crippen molar-refractivity contribution in [3.8, 4) is 23.0 Å². The Bertz CT molecular complexity index is 1190. The van der Waals surface area contributed by atoms with Gasteiger partial charge in [-0.25, -0.2) is 4.79 Å². The van der Waals surface area contributed by atoms with Gasteiger partial charge in [0.05, 0.1) is 21.8 Å². The molecule has 1 unspecified atom stereocenters. The highest BCUT2D eigenvalue weighted by molar-refractivity contribution is 14.1. The van der Waals surface area contributed by atoms with Crippen molar-refractivity contribution in [2.75, 3.05) is 0 Å². The molecule has 0 radical (unpaired) electrons. The van der Waals surface area contributed by atoms with E-state index in [1.54, 1.807) is 31.2 Å². The van der Waals surface area contributed by atoms with Crippen LogP contribution in [0.2, 0.25) is 0 Å². The molecule has 0 saturated carbocycles. The number of benzene rings is 3. The summed E-state index contributed by atoms with van der Waals surface area (Å²) in [4.78, 5) is 12.9. The number of phenols is 2. The molecule has 2 aliphatic rings. The molecule has 146 valence electrons. The van der Waals surface area contributed by atoms with Crippen molar-refractivity contribution in [2.24, 2.45) is 0 Å². The summed E-state index contributed by atoms with van der Waals surface area (Å²) in [6.07, 6.45) is 0. The molecule has 2 heterocycles. The average molecular weight is 724 g/mol. The van der Waals surface area contributed by atoms with Gasteiger partial charge in [0.15, 0.2) is 17.1 Å². The Hall–Kier alpha value is -1.28. The number of esters is 1. The normalized spacial score (nSPS) is 18.7. The lowest BCUT2D eigenvalue weighted by atomic mass is 9.77. The number of hydrogen-bond donors (Lipinski definition) is 2. The number of hydrogen-bond acceptors (Lipinski definition) is 5. The van der Waals surface area contributed by atoms with Crippen LogP contribution >= 0.6 is 67.8 Å². The smallest absolute Gasteiger partial charge is 0.340 e. The molecule has 0 saturated heterocycles. The number of rotatable bonds is 0. The Morgan fingerprint density at radius 1 is 0.897 bits per heavy atom. The van der Waals surface area contributed by atoms with E-state index >= 15 is 0 Å². The minimum absolute atomic E-state index is 0.104. The first-order chi connectivity index (χ1) is 13.8. The Morgan fingerprint density at radius 2 is 1.52 bits per heavy atom. The summed E-state index contributed by atoms with van der Waals surface area (Å²) in [5.74, 6) is 0.641. The number of carbonyl (C=O) groups is 1. The van der Waals surface area contributed by atoms with Gasteiger partial charge in [-0.15, -0.1) is 0 Å². The van der Waals surface area contributed by atoms with Crippen molar-refractivity contribution in [3.05, 3.63) is 74.9 Å². The standard InChI is InChI=1S/C21H11I3O5/c1-8-6-11-18(14(23)16(8)25)28-19-12(7-13(22)17(26)15(19)24)21(11)10-5-3-2-4-9(10)20(27)29-21/h2-7,25-26H,1H3. The predicted molar refractivity (Wildman–Crippen MR) is 131 cm³/mol. The number of carbonyl (C=O) groups excluding carboxylic acids is 1. The summed E-state index contributed by atoms with van der Waals surface area (Å²) >= 11 is 6.12. The number of halogens is 3. The van der Waals surface area contributed by atoms with Crippen LogP contribution in [-0.4, -0.2) is 16.2 Å². The van der Waals surface area contributed by atoms with Gasteiger partial charge in [-0.05, 0) is 98.5 Å². The molecule has 5 rings (SSSR count). The van der Waals surface area contributed by atoms with Crippen molar-refractivity contribution in [2.45, 2.75) is 12.5 Å². The highest BCUT2D eigenvalue weighted by Gasteiger charge is 2.55. The Labute approximate surface area is 206 Å². The van der Waals surface area contributed by atoms with Crippen LogP contribution in [0.1, 0.15) is 32.6 Å².